The van der Waals surface area contributed by atoms with Crippen LogP contribution in [0.4, 0.5) is 0 Å². The Kier molecular flexibility index (Phi) is 4.58. The van der Waals surface area contributed by atoms with Crippen molar-refractivity contribution in [3.63, 3.8) is 0 Å². The van der Waals surface area contributed by atoms with Crippen LogP contribution in [0.5, 0.6) is 0 Å². The molecule has 2 heterocycles. The summed E-state index contributed by atoms with van der Waals surface area (Å²) >= 11 is 1.78. The van der Waals surface area contributed by atoms with Crippen LogP contribution in [0.3, 0.4) is 0 Å². The summed E-state index contributed by atoms with van der Waals surface area (Å²) in [7, 11) is 0. The molecule has 2 unspecified atom stereocenters. The monoisotopic (exact) mass is 281 g/mol. The van der Waals surface area contributed by atoms with Crippen LogP contribution in [-0.2, 0) is 4.79 Å². The maximum absolute atomic E-state index is 12.2. The van der Waals surface area contributed by atoms with Crippen molar-refractivity contribution in [1.29, 1.82) is 0 Å². The summed E-state index contributed by atoms with van der Waals surface area (Å²) in [4.78, 5) is 20.1. The fourth-order valence-corrected chi connectivity index (χ4v) is 3.51. The summed E-state index contributed by atoms with van der Waals surface area (Å²) in [5, 5.41) is 1.19. The van der Waals surface area contributed by atoms with Gasteiger partial charge in [-0.3, -0.25) is 4.79 Å². The van der Waals surface area contributed by atoms with E-state index in [4.69, 9.17) is 5.73 Å². The van der Waals surface area contributed by atoms with Gasteiger partial charge in [-0.15, -0.1) is 11.3 Å². The van der Waals surface area contributed by atoms with Crippen LogP contribution in [-0.4, -0.2) is 35.4 Å². The Morgan fingerprint density at radius 1 is 1.58 bits per heavy atom. The Bertz CT molecular complexity index is 438. The van der Waals surface area contributed by atoms with E-state index in [-0.39, 0.29) is 11.8 Å². The van der Waals surface area contributed by atoms with Crippen LogP contribution < -0.4 is 5.73 Å². The number of likely N-dealkylation sites (tertiary alicyclic amines) is 1. The third-order valence-electron chi connectivity index (χ3n) is 3.90. The zero-order valence-electron chi connectivity index (χ0n) is 12.0. The first-order chi connectivity index (χ1) is 9.02. The van der Waals surface area contributed by atoms with Crippen LogP contribution in [0.1, 0.15) is 41.3 Å². The zero-order valence-corrected chi connectivity index (χ0v) is 12.8. The molecule has 1 aromatic rings. The number of aryl methyl sites for hydroxylation is 2. The SMILES string of the molecule is Cc1nc(C2CCCN(C(=O)C(C)CN)C2)sc1C. The van der Waals surface area contributed by atoms with E-state index < -0.39 is 0 Å². The van der Waals surface area contributed by atoms with Gasteiger partial charge in [0.05, 0.1) is 10.7 Å². The summed E-state index contributed by atoms with van der Waals surface area (Å²) in [6.45, 7) is 8.16. The molecule has 0 aromatic carbocycles. The highest BCUT2D eigenvalue weighted by atomic mass is 32.1. The summed E-state index contributed by atoms with van der Waals surface area (Å²) in [6, 6.07) is 0. The van der Waals surface area contributed by atoms with E-state index in [2.05, 4.69) is 18.8 Å². The van der Waals surface area contributed by atoms with Gasteiger partial charge in [-0.25, -0.2) is 4.98 Å². The average molecular weight is 281 g/mol. The van der Waals surface area contributed by atoms with E-state index in [9.17, 15) is 4.79 Å². The van der Waals surface area contributed by atoms with Gasteiger partial charge in [0.1, 0.15) is 0 Å². The lowest BCUT2D eigenvalue weighted by atomic mass is 9.97. The second kappa shape index (κ2) is 6.01. The van der Waals surface area contributed by atoms with E-state index in [0.29, 0.717) is 12.5 Å². The fraction of sp³-hybridized carbons (Fsp3) is 0.714. The van der Waals surface area contributed by atoms with Crippen molar-refractivity contribution in [1.82, 2.24) is 9.88 Å². The zero-order chi connectivity index (χ0) is 14.0. The number of nitrogens with zero attached hydrogens (tertiary/aromatic N) is 2. The number of nitrogens with two attached hydrogens (primary N) is 1. The Morgan fingerprint density at radius 2 is 2.32 bits per heavy atom. The van der Waals surface area contributed by atoms with Gasteiger partial charge >= 0.3 is 0 Å². The van der Waals surface area contributed by atoms with Crippen molar-refractivity contribution in [2.75, 3.05) is 19.6 Å². The lowest BCUT2D eigenvalue weighted by Gasteiger charge is -2.33. The number of aromatic nitrogens is 1. The quantitative estimate of drug-likeness (QED) is 0.922. The number of piperidine rings is 1. The summed E-state index contributed by atoms with van der Waals surface area (Å²) in [5.74, 6) is 0.524. The van der Waals surface area contributed by atoms with Crippen molar-refractivity contribution < 1.29 is 4.79 Å². The first-order valence-electron chi connectivity index (χ1n) is 6.95. The molecule has 1 fully saturated rings. The molecule has 2 atom stereocenters. The van der Waals surface area contributed by atoms with Gasteiger partial charge in [-0.1, -0.05) is 6.92 Å². The molecule has 1 aliphatic heterocycles. The van der Waals surface area contributed by atoms with Crippen molar-refractivity contribution >= 4 is 17.2 Å². The van der Waals surface area contributed by atoms with E-state index in [1.54, 1.807) is 11.3 Å². The summed E-state index contributed by atoms with van der Waals surface area (Å²) in [5.41, 5.74) is 6.71. The van der Waals surface area contributed by atoms with Crippen LogP contribution in [0.25, 0.3) is 0 Å². The molecule has 1 aromatic heterocycles. The first kappa shape index (κ1) is 14.5. The Hall–Kier alpha value is -0.940. The number of carbonyl (C=O) groups is 1. The van der Waals surface area contributed by atoms with E-state index in [1.165, 1.54) is 9.88 Å². The molecule has 0 spiro atoms. The van der Waals surface area contributed by atoms with Crippen LogP contribution in [0.15, 0.2) is 0 Å². The van der Waals surface area contributed by atoms with Gasteiger partial charge in [0, 0.05) is 36.3 Å². The van der Waals surface area contributed by atoms with Crippen LogP contribution in [0.2, 0.25) is 0 Å². The maximum Gasteiger partial charge on any atom is 0.226 e. The van der Waals surface area contributed by atoms with Crippen molar-refractivity contribution in [2.45, 2.75) is 39.5 Å². The Morgan fingerprint density at radius 3 is 2.89 bits per heavy atom. The van der Waals surface area contributed by atoms with Crippen molar-refractivity contribution in [3.8, 4) is 0 Å². The lowest BCUT2D eigenvalue weighted by Crippen LogP contribution is -2.43. The molecule has 2 N–H and O–H groups in total. The third kappa shape index (κ3) is 3.15. The molecule has 1 amide bonds. The molecular formula is C14H23N3OS. The van der Waals surface area contributed by atoms with Gasteiger partial charge in [0.2, 0.25) is 5.91 Å². The molecule has 0 radical (unpaired) electrons. The highest BCUT2D eigenvalue weighted by Gasteiger charge is 2.28. The molecule has 1 aliphatic rings. The highest BCUT2D eigenvalue weighted by Crippen LogP contribution is 2.31. The molecular weight excluding hydrogens is 258 g/mol. The van der Waals surface area contributed by atoms with E-state index in [1.807, 2.05) is 11.8 Å². The standard InChI is InChI=1S/C14H23N3OS/c1-9(7-15)14(18)17-6-4-5-12(8-17)13-16-10(2)11(3)19-13/h9,12H,4-8,15H2,1-3H3. The van der Waals surface area contributed by atoms with Gasteiger partial charge < -0.3 is 10.6 Å². The highest BCUT2D eigenvalue weighted by molar-refractivity contribution is 7.11. The molecule has 2 rings (SSSR count). The normalized spacial score (nSPS) is 21.5. The minimum atomic E-state index is -0.0708. The van der Waals surface area contributed by atoms with E-state index in [0.717, 1.165) is 31.6 Å². The number of thiazole rings is 1. The number of hydrogen-bond donors (Lipinski definition) is 1. The second-order valence-corrected chi connectivity index (χ2v) is 6.69. The molecule has 4 nitrogen and oxygen atoms in total. The smallest absolute Gasteiger partial charge is 0.226 e. The van der Waals surface area contributed by atoms with Gasteiger partial charge in [-0.2, -0.15) is 0 Å². The number of hydrogen-bond acceptors (Lipinski definition) is 4. The largest absolute Gasteiger partial charge is 0.342 e. The maximum atomic E-state index is 12.2. The lowest BCUT2D eigenvalue weighted by molar-refractivity contribution is -0.135. The third-order valence-corrected chi connectivity index (χ3v) is 5.14. The molecule has 106 valence electrons. The van der Waals surface area contributed by atoms with Crippen LogP contribution >= 0.6 is 11.3 Å². The summed E-state index contributed by atoms with van der Waals surface area (Å²) in [6.07, 6.45) is 2.19. The molecule has 1 saturated heterocycles. The molecule has 19 heavy (non-hydrogen) atoms. The molecule has 0 aliphatic carbocycles. The van der Waals surface area contributed by atoms with Crippen molar-refractivity contribution in [3.05, 3.63) is 15.6 Å². The fourth-order valence-electron chi connectivity index (χ4n) is 2.46. The Labute approximate surface area is 119 Å². The Balaban J connectivity index is 2.07. The van der Waals surface area contributed by atoms with Crippen molar-refractivity contribution in [2.24, 2.45) is 11.7 Å². The number of carbonyl (C=O) groups excluding carboxylic acids is 1. The van der Waals surface area contributed by atoms with E-state index >= 15 is 0 Å². The van der Waals surface area contributed by atoms with Gasteiger partial charge in [-0.05, 0) is 26.7 Å². The molecule has 5 heteroatoms. The topological polar surface area (TPSA) is 59.2 Å². The predicted octanol–water partition coefficient (Wildman–Crippen LogP) is 2.06. The minimum absolute atomic E-state index is 0.0708. The minimum Gasteiger partial charge on any atom is -0.342 e. The first-order valence-corrected chi connectivity index (χ1v) is 7.77. The second-order valence-electron chi connectivity index (χ2n) is 5.45. The number of rotatable bonds is 3. The summed E-state index contributed by atoms with van der Waals surface area (Å²) < 4.78 is 0. The molecule has 0 bridgehead atoms. The number of amides is 1. The average Bonchev–Trinajstić information content (AvgIpc) is 2.77. The van der Waals surface area contributed by atoms with Gasteiger partial charge in [0.25, 0.3) is 0 Å². The van der Waals surface area contributed by atoms with Crippen LogP contribution in [0, 0.1) is 19.8 Å². The predicted molar refractivity (Wildman–Crippen MR) is 78.4 cm³/mol. The molecule has 0 saturated carbocycles. The van der Waals surface area contributed by atoms with Gasteiger partial charge in [0.15, 0.2) is 0 Å².